The molecule has 0 fully saturated rings. The summed E-state index contributed by atoms with van der Waals surface area (Å²) in [5.41, 5.74) is 2.82. The van der Waals surface area contributed by atoms with Crippen molar-refractivity contribution >= 4 is 40.6 Å². The molecule has 0 saturated carbocycles. The van der Waals surface area contributed by atoms with Gasteiger partial charge in [0.05, 0.1) is 0 Å². The van der Waals surface area contributed by atoms with Crippen molar-refractivity contribution in [2.45, 2.75) is 24.8 Å². The van der Waals surface area contributed by atoms with E-state index in [1.165, 1.54) is 29.0 Å². The third-order valence-electron chi connectivity index (χ3n) is 3.49. The Morgan fingerprint density at radius 3 is 2.50 bits per heavy atom. The van der Waals surface area contributed by atoms with Gasteiger partial charge in [-0.05, 0) is 38.1 Å². The van der Waals surface area contributed by atoms with Crippen molar-refractivity contribution < 1.29 is 4.42 Å². The molecule has 126 valence electrons. The Kier molecular flexibility index (Phi) is 5.70. The van der Waals surface area contributed by atoms with Crippen LogP contribution in [0.4, 0.5) is 5.69 Å². The summed E-state index contributed by atoms with van der Waals surface area (Å²) in [6, 6.07) is 8.13. The number of hydrogen-bond acceptors (Lipinski definition) is 8. The highest BCUT2D eigenvalue weighted by atomic mass is 35.5. The zero-order chi connectivity index (χ0) is 16.9. The molecule has 0 unspecified atom stereocenters. The first kappa shape index (κ1) is 17.2. The number of benzene rings is 1. The summed E-state index contributed by atoms with van der Waals surface area (Å²) >= 11 is 8.54. The molecule has 0 aliphatic rings. The molecular formula is C15H16ClN5OS2. The normalized spacial score (nSPS) is 11.0. The van der Waals surface area contributed by atoms with E-state index < -0.39 is 0 Å². The van der Waals surface area contributed by atoms with Gasteiger partial charge in [0.15, 0.2) is 0 Å². The number of anilines is 1. The van der Waals surface area contributed by atoms with Gasteiger partial charge < -0.3 is 9.32 Å². The molecule has 1 aromatic carbocycles. The van der Waals surface area contributed by atoms with Gasteiger partial charge in [-0.2, -0.15) is 0 Å². The van der Waals surface area contributed by atoms with Gasteiger partial charge in [0, 0.05) is 41.6 Å². The van der Waals surface area contributed by atoms with Gasteiger partial charge in [-0.3, -0.25) is 0 Å². The Morgan fingerprint density at radius 1 is 1.12 bits per heavy atom. The van der Waals surface area contributed by atoms with E-state index >= 15 is 0 Å². The van der Waals surface area contributed by atoms with Crippen LogP contribution >= 0.6 is 34.9 Å². The topological polar surface area (TPSA) is 67.9 Å². The van der Waals surface area contributed by atoms with Crippen LogP contribution in [0, 0.1) is 0 Å². The Bertz CT molecular complexity index is 785. The Hall–Kier alpha value is -1.64. The first-order chi connectivity index (χ1) is 11.7. The maximum Gasteiger partial charge on any atom is 0.277 e. The van der Waals surface area contributed by atoms with E-state index in [4.69, 9.17) is 16.0 Å². The molecule has 3 aromatic rings. The first-order valence-electron chi connectivity index (χ1n) is 7.49. The van der Waals surface area contributed by atoms with Crippen LogP contribution < -0.4 is 4.90 Å². The van der Waals surface area contributed by atoms with Crippen molar-refractivity contribution in [2.24, 2.45) is 0 Å². The standard InChI is InChI=1S/C15H16ClN5OS2/c1-3-21(4-2)11-7-5-10(6-8-11)14-18-19-15(22-14)23-9-12-13(16)24-20-17-12/h5-8H,3-4,9H2,1-2H3. The highest BCUT2D eigenvalue weighted by molar-refractivity contribution is 7.98. The number of aromatic nitrogens is 4. The molecular weight excluding hydrogens is 366 g/mol. The number of hydrogen-bond donors (Lipinski definition) is 0. The molecule has 0 amide bonds. The maximum absolute atomic E-state index is 5.98. The summed E-state index contributed by atoms with van der Waals surface area (Å²) in [5.74, 6) is 1.06. The molecule has 0 atom stereocenters. The second-order valence-corrected chi connectivity index (χ2v) is 7.16. The predicted octanol–water partition coefficient (Wildman–Crippen LogP) is 4.38. The summed E-state index contributed by atoms with van der Waals surface area (Å²) in [6.07, 6.45) is 0. The fourth-order valence-corrected chi connectivity index (χ4v) is 3.70. The van der Waals surface area contributed by atoms with E-state index in [9.17, 15) is 0 Å². The summed E-state index contributed by atoms with van der Waals surface area (Å²) in [7, 11) is 0. The summed E-state index contributed by atoms with van der Waals surface area (Å²) in [4.78, 5) is 2.28. The molecule has 0 aliphatic heterocycles. The fourth-order valence-electron chi connectivity index (χ4n) is 2.20. The van der Waals surface area contributed by atoms with E-state index in [-0.39, 0.29) is 0 Å². The molecule has 0 bridgehead atoms. The van der Waals surface area contributed by atoms with Gasteiger partial charge in [0.2, 0.25) is 5.89 Å². The molecule has 9 heteroatoms. The number of halogens is 1. The lowest BCUT2D eigenvalue weighted by atomic mass is 10.2. The van der Waals surface area contributed by atoms with Crippen molar-refractivity contribution in [1.82, 2.24) is 19.8 Å². The molecule has 0 N–H and O–H groups in total. The minimum atomic E-state index is 0.488. The van der Waals surface area contributed by atoms with E-state index in [1.54, 1.807) is 0 Å². The molecule has 24 heavy (non-hydrogen) atoms. The molecule has 0 aliphatic carbocycles. The van der Waals surface area contributed by atoms with Crippen molar-refractivity contribution in [3.63, 3.8) is 0 Å². The molecule has 0 spiro atoms. The Balaban J connectivity index is 1.67. The van der Waals surface area contributed by atoms with Crippen molar-refractivity contribution in [3.05, 3.63) is 34.3 Å². The molecule has 0 saturated heterocycles. The number of thioether (sulfide) groups is 1. The highest BCUT2D eigenvalue weighted by Crippen LogP contribution is 2.29. The predicted molar refractivity (Wildman–Crippen MR) is 97.8 cm³/mol. The van der Waals surface area contributed by atoms with Crippen LogP contribution in [0.5, 0.6) is 0 Å². The Labute approximate surface area is 153 Å². The third kappa shape index (κ3) is 3.88. The molecule has 3 rings (SSSR count). The van der Waals surface area contributed by atoms with Crippen LogP contribution in [0.15, 0.2) is 33.9 Å². The lowest BCUT2D eigenvalue weighted by Gasteiger charge is -2.20. The molecule has 6 nitrogen and oxygen atoms in total. The lowest BCUT2D eigenvalue weighted by molar-refractivity contribution is 0.466. The quantitative estimate of drug-likeness (QED) is 0.562. The van der Waals surface area contributed by atoms with Gasteiger partial charge in [-0.15, -0.1) is 15.3 Å². The van der Waals surface area contributed by atoms with Crippen molar-refractivity contribution in [1.29, 1.82) is 0 Å². The number of nitrogens with zero attached hydrogens (tertiary/aromatic N) is 5. The van der Waals surface area contributed by atoms with Crippen LogP contribution in [0.3, 0.4) is 0 Å². The first-order valence-corrected chi connectivity index (χ1v) is 9.63. The molecule has 2 aromatic heterocycles. The molecule has 2 heterocycles. The Morgan fingerprint density at radius 2 is 1.88 bits per heavy atom. The summed E-state index contributed by atoms with van der Waals surface area (Å²) in [5, 5.41) is 12.6. The summed E-state index contributed by atoms with van der Waals surface area (Å²) < 4.78 is 10.1. The monoisotopic (exact) mass is 381 g/mol. The van der Waals surface area contributed by atoms with E-state index in [0.717, 1.165) is 24.3 Å². The minimum Gasteiger partial charge on any atom is -0.411 e. The smallest absolute Gasteiger partial charge is 0.277 e. The largest absolute Gasteiger partial charge is 0.411 e. The van der Waals surface area contributed by atoms with E-state index in [2.05, 4.69) is 50.7 Å². The van der Waals surface area contributed by atoms with Crippen LogP contribution in [-0.2, 0) is 5.75 Å². The van der Waals surface area contributed by atoms with E-state index in [1.807, 2.05) is 12.1 Å². The van der Waals surface area contributed by atoms with Crippen LogP contribution in [-0.4, -0.2) is 32.9 Å². The van der Waals surface area contributed by atoms with Gasteiger partial charge in [-0.1, -0.05) is 27.9 Å². The minimum absolute atomic E-state index is 0.488. The van der Waals surface area contributed by atoms with Gasteiger partial charge in [0.25, 0.3) is 5.22 Å². The second-order valence-electron chi connectivity index (χ2n) is 4.87. The second kappa shape index (κ2) is 7.96. The van der Waals surface area contributed by atoms with Crippen molar-refractivity contribution in [3.8, 4) is 11.5 Å². The zero-order valence-corrected chi connectivity index (χ0v) is 15.7. The van der Waals surface area contributed by atoms with Crippen LogP contribution in [0.1, 0.15) is 19.5 Å². The maximum atomic E-state index is 5.98. The van der Waals surface area contributed by atoms with Crippen LogP contribution in [0.2, 0.25) is 4.34 Å². The van der Waals surface area contributed by atoms with E-state index in [0.29, 0.717) is 21.2 Å². The van der Waals surface area contributed by atoms with Crippen LogP contribution in [0.25, 0.3) is 11.5 Å². The fraction of sp³-hybridized carbons (Fsp3) is 0.333. The lowest BCUT2D eigenvalue weighted by Crippen LogP contribution is -2.21. The molecule has 0 radical (unpaired) electrons. The highest BCUT2D eigenvalue weighted by Gasteiger charge is 2.12. The third-order valence-corrected chi connectivity index (χ3v) is 5.31. The van der Waals surface area contributed by atoms with Gasteiger partial charge in [-0.25, -0.2) is 0 Å². The van der Waals surface area contributed by atoms with Gasteiger partial charge >= 0.3 is 0 Å². The SMILES string of the molecule is CCN(CC)c1ccc(-c2nnc(SCc3nnsc3Cl)o2)cc1. The van der Waals surface area contributed by atoms with Crippen molar-refractivity contribution in [2.75, 3.05) is 18.0 Å². The summed E-state index contributed by atoms with van der Waals surface area (Å²) in [6.45, 7) is 6.24. The van der Waals surface area contributed by atoms with Gasteiger partial charge in [0.1, 0.15) is 10.0 Å². The number of rotatable bonds is 7. The average molecular weight is 382 g/mol. The average Bonchev–Trinajstić information content (AvgIpc) is 3.24. The zero-order valence-electron chi connectivity index (χ0n) is 13.3.